The lowest BCUT2D eigenvalue weighted by molar-refractivity contribution is 0.263. The summed E-state index contributed by atoms with van der Waals surface area (Å²) in [5, 5.41) is 3.33. The van der Waals surface area contributed by atoms with Crippen LogP contribution in [0.5, 0.6) is 0 Å². The number of hydrogen-bond donors (Lipinski definition) is 1. The summed E-state index contributed by atoms with van der Waals surface area (Å²) >= 11 is 3.31. The molecule has 100 valence electrons. The Morgan fingerprint density at radius 3 is 2.33 bits per heavy atom. The zero-order chi connectivity index (χ0) is 13.3. The highest BCUT2D eigenvalue weighted by atomic mass is 79.9. The SMILES string of the molecule is C[C@@H]1CN(S(=O)(=O)c2ccccc2Br)C[C@H](C)N1. The van der Waals surface area contributed by atoms with E-state index < -0.39 is 10.0 Å². The zero-order valence-corrected chi connectivity index (χ0v) is 12.8. The fourth-order valence-electron chi connectivity index (χ4n) is 2.27. The maximum absolute atomic E-state index is 12.6. The van der Waals surface area contributed by atoms with Gasteiger partial charge in [0.2, 0.25) is 10.0 Å². The van der Waals surface area contributed by atoms with Crippen molar-refractivity contribution in [3.8, 4) is 0 Å². The summed E-state index contributed by atoms with van der Waals surface area (Å²) in [6.45, 7) is 5.01. The first kappa shape index (κ1) is 14.0. The van der Waals surface area contributed by atoms with Gasteiger partial charge in [0.1, 0.15) is 0 Å². The van der Waals surface area contributed by atoms with E-state index in [1.54, 1.807) is 22.5 Å². The molecule has 0 amide bonds. The summed E-state index contributed by atoms with van der Waals surface area (Å²) in [7, 11) is -3.41. The topological polar surface area (TPSA) is 49.4 Å². The van der Waals surface area contributed by atoms with E-state index in [-0.39, 0.29) is 12.1 Å². The number of rotatable bonds is 2. The second-order valence-electron chi connectivity index (χ2n) is 4.72. The Balaban J connectivity index is 2.34. The van der Waals surface area contributed by atoms with Crippen molar-refractivity contribution in [3.63, 3.8) is 0 Å². The Morgan fingerprint density at radius 1 is 1.22 bits per heavy atom. The predicted octanol–water partition coefficient (Wildman–Crippen LogP) is 1.82. The summed E-state index contributed by atoms with van der Waals surface area (Å²) < 4.78 is 27.3. The van der Waals surface area contributed by atoms with Gasteiger partial charge in [-0.05, 0) is 41.9 Å². The van der Waals surface area contributed by atoms with E-state index >= 15 is 0 Å². The van der Waals surface area contributed by atoms with Crippen LogP contribution < -0.4 is 5.32 Å². The van der Waals surface area contributed by atoms with Crippen molar-refractivity contribution in [2.75, 3.05) is 13.1 Å². The van der Waals surface area contributed by atoms with E-state index in [4.69, 9.17) is 0 Å². The Kier molecular flexibility index (Phi) is 4.11. The first-order chi connectivity index (χ1) is 8.41. The van der Waals surface area contributed by atoms with Crippen molar-refractivity contribution in [1.29, 1.82) is 0 Å². The molecule has 1 aliphatic heterocycles. The second kappa shape index (κ2) is 5.28. The zero-order valence-electron chi connectivity index (χ0n) is 10.4. The van der Waals surface area contributed by atoms with Crippen LogP contribution >= 0.6 is 15.9 Å². The molecule has 0 aliphatic carbocycles. The van der Waals surface area contributed by atoms with Crippen LogP contribution in [-0.2, 0) is 10.0 Å². The number of halogens is 1. The second-order valence-corrected chi connectivity index (χ2v) is 7.48. The van der Waals surface area contributed by atoms with Crippen molar-refractivity contribution < 1.29 is 8.42 Å². The molecule has 1 heterocycles. The van der Waals surface area contributed by atoms with Crippen LogP contribution in [0.25, 0.3) is 0 Å². The highest BCUT2D eigenvalue weighted by molar-refractivity contribution is 9.10. The molecule has 0 spiro atoms. The Labute approximate surface area is 117 Å². The first-order valence-electron chi connectivity index (χ1n) is 5.92. The third kappa shape index (κ3) is 2.77. The van der Waals surface area contributed by atoms with Gasteiger partial charge in [-0.15, -0.1) is 0 Å². The van der Waals surface area contributed by atoms with Gasteiger partial charge in [0.15, 0.2) is 0 Å². The van der Waals surface area contributed by atoms with Crippen molar-refractivity contribution in [1.82, 2.24) is 9.62 Å². The molecule has 0 saturated carbocycles. The average molecular weight is 333 g/mol. The molecule has 1 N–H and O–H groups in total. The van der Waals surface area contributed by atoms with Crippen molar-refractivity contribution in [2.24, 2.45) is 0 Å². The van der Waals surface area contributed by atoms with Crippen molar-refractivity contribution in [3.05, 3.63) is 28.7 Å². The maximum atomic E-state index is 12.6. The van der Waals surface area contributed by atoms with Crippen LogP contribution in [0.15, 0.2) is 33.6 Å². The van der Waals surface area contributed by atoms with Crippen molar-refractivity contribution >= 4 is 26.0 Å². The third-order valence-electron chi connectivity index (χ3n) is 2.98. The lowest BCUT2D eigenvalue weighted by Crippen LogP contribution is -2.55. The number of piperazine rings is 1. The molecule has 1 fully saturated rings. The molecule has 0 radical (unpaired) electrons. The minimum absolute atomic E-state index is 0.172. The molecule has 2 atom stereocenters. The summed E-state index contributed by atoms with van der Waals surface area (Å²) in [6, 6.07) is 7.29. The first-order valence-corrected chi connectivity index (χ1v) is 8.15. The summed E-state index contributed by atoms with van der Waals surface area (Å²) in [4.78, 5) is 0.339. The standard InChI is InChI=1S/C12H17BrN2O2S/c1-9-7-15(8-10(2)14-9)18(16,17)12-6-4-3-5-11(12)13/h3-6,9-10,14H,7-8H2,1-2H3/t9-,10+. The monoisotopic (exact) mass is 332 g/mol. The molecular weight excluding hydrogens is 316 g/mol. The largest absolute Gasteiger partial charge is 0.309 e. The molecule has 0 aromatic heterocycles. The third-order valence-corrected chi connectivity index (χ3v) is 5.82. The van der Waals surface area contributed by atoms with E-state index in [1.807, 2.05) is 19.9 Å². The van der Waals surface area contributed by atoms with Crippen LogP contribution in [0.2, 0.25) is 0 Å². The molecule has 1 saturated heterocycles. The van der Waals surface area contributed by atoms with Gasteiger partial charge in [0.05, 0.1) is 4.90 Å². The van der Waals surface area contributed by atoms with Crippen LogP contribution in [0.3, 0.4) is 0 Å². The van der Waals surface area contributed by atoms with Crippen molar-refractivity contribution in [2.45, 2.75) is 30.8 Å². The smallest absolute Gasteiger partial charge is 0.244 e. The van der Waals surface area contributed by atoms with Gasteiger partial charge in [-0.1, -0.05) is 12.1 Å². The van der Waals surface area contributed by atoms with Crippen LogP contribution in [-0.4, -0.2) is 37.9 Å². The highest BCUT2D eigenvalue weighted by Crippen LogP contribution is 2.25. The van der Waals surface area contributed by atoms with Gasteiger partial charge in [-0.2, -0.15) is 4.31 Å². The lowest BCUT2D eigenvalue weighted by atomic mass is 10.2. The molecule has 4 nitrogen and oxygen atoms in total. The number of sulfonamides is 1. The minimum atomic E-state index is -3.41. The number of benzene rings is 1. The molecule has 6 heteroatoms. The molecule has 0 bridgehead atoms. The van der Waals surface area contributed by atoms with Crippen LogP contribution in [0, 0.1) is 0 Å². The summed E-state index contributed by atoms with van der Waals surface area (Å²) in [5.74, 6) is 0. The van der Waals surface area contributed by atoms with Gasteiger partial charge in [-0.3, -0.25) is 0 Å². The highest BCUT2D eigenvalue weighted by Gasteiger charge is 2.32. The summed E-state index contributed by atoms with van der Waals surface area (Å²) in [5.41, 5.74) is 0. The van der Waals surface area contributed by atoms with E-state index in [0.29, 0.717) is 22.5 Å². The quantitative estimate of drug-likeness (QED) is 0.898. The Bertz CT molecular complexity index is 523. The molecule has 1 aliphatic rings. The Hall–Kier alpha value is -0.430. The Morgan fingerprint density at radius 2 is 1.78 bits per heavy atom. The minimum Gasteiger partial charge on any atom is -0.309 e. The predicted molar refractivity (Wildman–Crippen MR) is 75.0 cm³/mol. The molecule has 2 rings (SSSR count). The van der Waals surface area contributed by atoms with Gasteiger partial charge in [-0.25, -0.2) is 8.42 Å². The van der Waals surface area contributed by atoms with Crippen LogP contribution in [0.4, 0.5) is 0 Å². The van der Waals surface area contributed by atoms with E-state index in [1.165, 1.54) is 0 Å². The van der Waals surface area contributed by atoms with E-state index in [2.05, 4.69) is 21.2 Å². The van der Waals surface area contributed by atoms with E-state index in [0.717, 1.165) is 0 Å². The molecule has 1 aromatic rings. The van der Waals surface area contributed by atoms with Gasteiger partial charge >= 0.3 is 0 Å². The van der Waals surface area contributed by atoms with Gasteiger partial charge in [0, 0.05) is 29.6 Å². The average Bonchev–Trinajstić information content (AvgIpc) is 2.28. The van der Waals surface area contributed by atoms with Crippen LogP contribution in [0.1, 0.15) is 13.8 Å². The fourth-order valence-corrected chi connectivity index (χ4v) is 4.85. The fraction of sp³-hybridized carbons (Fsp3) is 0.500. The van der Waals surface area contributed by atoms with Gasteiger partial charge in [0.25, 0.3) is 0 Å². The summed E-state index contributed by atoms with van der Waals surface area (Å²) in [6.07, 6.45) is 0. The number of hydrogen-bond acceptors (Lipinski definition) is 3. The molecule has 1 aromatic carbocycles. The molecule has 0 unspecified atom stereocenters. The molecule has 18 heavy (non-hydrogen) atoms. The normalized spacial score (nSPS) is 26.2. The van der Waals surface area contributed by atoms with Gasteiger partial charge < -0.3 is 5.32 Å². The maximum Gasteiger partial charge on any atom is 0.244 e. The number of nitrogens with one attached hydrogen (secondary N) is 1. The number of nitrogens with zero attached hydrogens (tertiary/aromatic N) is 1. The lowest BCUT2D eigenvalue weighted by Gasteiger charge is -2.35. The molecular formula is C12H17BrN2O2S. The van der Waals surface area contributed by atoms with E-state index in [9.17, 15) is 8.42 Å².